The summed E-state index contributed by atoms with van der Waals surface area (Å²) in [4.78, 5) is 31.2. The Labute approximate surface area is 145 Å². The summed E-state index contributed by atoms with van der Waals surface area (Å²) in [7, 11) is 0. The molecule has 1 fully saturated rings. The molecule has 4 nitrogen and oxygen atoms in total. The number of rotatable bonds is 3. The van der Waals surface area contributed by atoms with E-state index < -0.39 is 5.92 Å². The molecule has 0 radical (unpaired) electrons. The number of amides is 2. The molecular weight excluding hydrogens is 312 g/mol. The standard InChI is InChI=1S/C21H16N2O2/c24-20-14-18(21(25)23(20)15-8-2-1-3-9-15)16-10-4-5-11-17(16)19-12-6-7-13-22-19/h1-13,18H,14H2/t18-/m1/s1. The molecule has 0 unspecified atom stereocenters. The van der Waals surface area contributed by atoms with Crippen LogP contribution in [0.1, 0.15) is 17.9 Å². The third-order valence-electron chi connectivity index (χ3n) is 4.44. The first-order valence-electron chi connectivity index (χ1n) is 8.18. The van der Waals surface area contributed by atoms with Crippen molar-refractivity contribution in [1.29, 1.82) is 0 Å². The number of hydrogen-bond donors (Lipinski definition) is 0. The molecule has 3 aromatic rings. The number of benzene rings is 2. The SMILES string of the molecule is O=C1C[C@H](c2ccccc2-c2ccccn2)C(=O)N1c1ccccc1. The second-order valence-electron chi connectivity index (χ2n) is 5.96. The van der Waals surface area contributed by atoms with Gasteiger partial charge in [-0.25, -0.2) is 0 Å². The van der Waals surface area contributed by atoms with E-state index in [4.69, 9.17) is 0 Å². The molecule has 2 aromatic carbocycles. The molecule has 0 bridgehead atoms. The van der Waals surface area contributed by atoms with E-state index >= 15 is 0 Å². The zero-order valence-corrected chi connectivity index (χ0v) is 13.5. The molecule has 1 aliphatic heterocycles. The monoisotopic (exact) mass is 328 g/mol. The van der Waals surface area contributed by atoms with Crippen molar-refractivity contribution in [3.8, 4) is 11.3 Å². The van der Waals surface area contributed by atoms with Crippen LogP contribution >= 0.6 is 0 Å². The van der Waals surface area contributed by atoms with Crippen LogP contribution < -0.4 is 4.90 Å². The van der Waals surface area contributed by atoms with E-state index in [1.807, 2.05) is 60.7 Å². The zero-order valence-electron chi connectivity index (χ0n) is 13.5. The third kappa shape index (κ3) is 2.72. The summed E-state index contributed by atoms with van der Waals surface area (Å²) in [6.45, 7) is 0. The number of carbonyl (C=O) groups excluding carboxylic acids is 2. The minimum atomic E-state index is -0.481. The van der Waals surface area contributed by atoms with E-state index in [0.29, 0.717) is 5.69 Å². The molecule has 25 heavy (non-hydrogen) atoms. The molecule has 2 amide bonds. The number of pyridine rings is 1. The van der Waals surface area contributed by atoms with Crippen LogP contribution in [0.25, 0.3) is 11.3 Å². The number of para-hydroxylation sites is 1. The third-order valence-corrected chi connectivity index (χ3v) is 4.44. The van der Waals surface area contributed by atoms with Crippen molar-refractivity contribution >= 4 is 17.5 Å². The second-order valence-corrected chi connectivity index (χ2v) is 5.96. The van der Waals surface area contributed by atoms with E-state index in [-0.39, 0.29) is 18.2 Å². The molecule has 2 heterocycles. The lowest BCUT2D eigenvalue weighted by Gasteiger charge is -2.16. The lowest BCUT2D eigenvalue weighted by molar-refractivity contribution is -0.121. The van der Waals surface area contributed by atoms with Crippen LogP contribution in [0.2, 0.25) is 0 Å². The molecular formula is C21H16N2O2. The number of anilines is 1. The minimum absolute atomic E-state index is 0.169. The Balaban J connectivity index is 1.75. The molecule has 1 aliphatic rings. The quantitative estimate of drug-likeness (QED) is 0.687. The van der Waals surface area contributed by atoms with Crippen LogP contribution in [0.3, 0.4) is 0 Å². The van der Waals surface area contributed by atoms with E-state index in [0.717, 1.165) is 16.8 Å². The Bertz CT molecular complexity index is 923. The van der Waals surface area contributed by atoms with Crippen molar-refractivity contribution in [3.63, 3.8) is 0 Å². The van der Waals surface area contributed by atoms with Gasteiger partial charge in [-0.15, -0.1) is 0 Å². The highest BCUT2D eigenvalue weighted by molar-refractivity contribution is 6.23. The molecule has 0 N–H and O–H groups in total. The normalized spacial score (nSPS) is 17.1. The Morgan fingerprint density at radius 1 is 0.840 bits per heavy atom. The minimum Gasteiger partial charge on any atom is -0.274 e. The highest BCUT2D eigenvalue weighted by atomic mass is 16.2. The van der Waals surface area contributed by atoms with Crippen LogP contribution in [0, 0.1) is 0 Å². The van der Waals surface area contributed by atoms with Gasteiger partial charge >= 0.3 is 0 Å². The number of hydrogen-bond acceptors (Lipinski definition) is 3. The number of nitrogens with zero attached hydrogens (tertiary/aromatic N) is 2. The van der Waals surface area contributed by atoms with Crippen LogP contribution in [-0.2, 0) is 9.59 Å². The fourth-order valence-electron chi connectivity index (χ4n) is 3.28. The smallest absolute Gasteiger partial charge is 0.241 e. The Kier molecular flexibility index (Phi) is 3.86. The summed E-state index contributed by atoms with van der Waals surface area (Å²) < 4.78 is 0. The van der Waals surface area contributed by atoms with Gasteiger partial charge in [0, 0.05) is 18.2 Å². The molecule has 122 valence electrons. The molecule has 1 atom stereocenters. The lowest BCUT2D eigenvalue weighted by atomic mass is 9.91. The van der Waals surface area contributed by atoms with Gasteiger partial charge in [0.2, 0.25) is 11.8 Å². The fraction of sp³-hybridized carbons (Fsp3) is 0.0952. The highest BCUT2D eigenvalue weighted by Crippen LogP contribution is 2.37. The lowest BCUT2D eigenvalue weighted by Crippen LogP contribution is -2.30. The largest absolute Gasteiger partial charge is 0.274 e. The topological polar surface area (TPSA) is 50.3 Å². The maximum Gasteiger partial charge on any atom is 0.241 e. The molecule has 1 aromatic heterocycles. The molecule has 0 saturated carbocycles. The Morgan fingerprint density at radius 2 is 1.56 bits per heavy atom. The highest BCUT2D eigenvalue weighted by Gasteiger charge is 2.41. The molecule has 0 aliphatic carbocycles. The average Bonchev–Trinajstić information content (AvgIpc) is 2.97. The van der Waals surface area contributed by atoms with Crippen LogP contribution in [0.15, 0.2) is 79.0 Å². The van der Waals surface area contributed by atoms with Crippen LogP contribution in [-0.4, -0.2) is 16.8 Å². The summed E-state index contributed by atoms with van der Waals surface area (Å²) in [5, 5.41) is 0. The van der Waals surface area contributed by atoms with Gasteiger partial charge in [0.05, 0.1) is 17.3 Å². The van der Waals surface area contributed by atoms with Crippen molar-refractivity contribution in [2.24, 2.45) is 0 Å². The van der Waals surface area contributed by atoms with E-state index in [1.54, 1.807) is 18.3 Å². The Hall–Kier alpha value is -3.27. The zero-order chi connectivity index (χ0) is 17.2. The second kappa shape index (κ2) is 6.32. The fourth-order valence-corrected chi connectivity index (χ4v) is 3.28. The van der Waals surface area contributed by atoms with E-state index in [9.17, 15) is 9.59 Å². The summed E-state index contributed by atoms with van der Waals surface area (Å²) in [5.74, 6) is -0.831. The summed E-state index contributed by atoms with van der Waals surface area (Å²) in [5.41, 5.74) is 3.16. The number of aromatic nitrogens is 1. The summed E-state index contributed by atoms with van der Waals surface area (Å²) in [6.07, 6.45) is 1.90. The first-order chi connectivity index (χ1) is 12.3. The van der Waals surface area contributed by atoms with E-state index in [1.165, 1.54) is 4.90 Å². The van der Waals surface area contributed by atoms with Gasteiger partial charge in [-0.05, 0) is 29.8 Å². The first-order valence-corrected chi connectivity index (χ1v) is 8.18. The van der Waals surface area contributed by atoms with Crippen molar-refractivity contribution in [3.05, 3.63) is 84.6 Å². The van der Waals surface area contributed by atoms with Gasteiger partial charge in [-0.2, -0.15) is 0 Å². The number of imide groups is 1. The van der Waals surface area contributed by atoms with Crippen LogP contribution in [0.4, 0.5) is 5.69 Å². The van der Waals surface area contributed by atoms with Crippen molar-refractivity contribution in [2.45, 2.75) is 12.3 Å². The van der Waals surface area contributed by atoms with E-state index in [2.05, 4.69) is 4.98 Å². The first kappa shape index (κ1) is 15.3. The maximum atomic E-state index is 13.0. The van der Waals surface area contributed by atoms with Crippen molar-refractivity contribution in [1.82, 2.24) is 4.98 Å². The number of carbonyl (C=O) groups is 2. The molecule has 4 heteroatoms. The summed E-state index contributed by atoms with van der Waals surface area (Å²) >= 11 is 0. The molecule has 4 rings (SSSR count). The molecule has 1 saturated heterocycles. The van der Waals surface area contributed by atoms with Gasteiger partial charge in [-0.3, -0.25) is 19.5 Å². The predicted octanol–water partition coefficient (Wildman–Crippen LogP) is 3.80. The Morgan fingerprint density at radius 3 is 2.32 bits per heavy atom. The molecule has 0 spiro atoms. The van der Waals surface area contributed by atoms with Gasteiger partial charge < -0.3 is 0 Å². The van der Waals surface area contributed by atoms with Gasteiger partial charge in [0.25, 0.3) is 0 Å². The maximum absolute atomic E-state index is 13.0. The predicted molar refractivity (Wildman–Crippen MR) is 96.0 cm³/mol. The van der Waals surface area contributed by atoms with Gasteiger partial charge in [0.15, 0.2) is 0 Å². The summed E-state index contributed by atoms with van der Waals surface area (Å²) in [6, 6.07) is 22.4. The average molecular weight is 328 g/mol. The van der Waals surface area contributed by atoms with Crippen LogP contribution in [0.5, 0.6) is 0 Å². The van der Waals surface area contributed by atoms with Gasteiger partial charge in [0.1, 0.15) is 0 Å². The van der Waals surface area contributed by atoms with Crippen molar-refractivity contribution < 1.29 is 9.59 Å². The van der Waals surface area contributed by atoms with Gasteiger partial charge in [-0.1, -0.05) is 48.5 Å². The van der Waals surface area contributed by atoms with Crippen molar-refractivity contribution in [2.75, 3.05) is 4.90 Å².